The van der Waals surface area contributed by atoms with Gasteiger partial charge in [-0.15, -0.1) is 0 Å². The number of rotatable bonds is 25. The molecule has 0 aliphatic heterocycles. The average Bonchev–Trinajstić information content (AvgIpc) is 3.11. The van der Waals surface area contributed by atoms with Crippen LogP contribution in [0.2, 0.25) is 0 Å². The van der Waals surface area contributed by atoms with E-state index in [4.69, 9.17) is 0 Å². The Balaban J connectivity index is 7.33. The fourth-order valence-electron chi connectivity index (χ4n) is 4.14. The first-order chi connectivity index (χ1) is 29.4. The van der Waals surface area contributed by atoms with E-state index in [0.717, 1.165) is 0 Å². The second-order valence-electron chi connectivity index (χ2n) is 13.1. The van der Waals surface area contributed by atoms with E-state index < -0.39 is 161 Å². The molecule has 0 radical (unpaired) electrons. The zero-order chi connectivity index (χ0) is 56.6. The van der Waals surface area contributed by atoms with Crippen molar-refractivity contribution >= 4 is 8.80 Å². The minimum Gasteiger partial charge on any atom is -0.370 e. The van der Waals surface area contributed by atoms with Crippen molar-refractivity contribution in [2.24, 2.45) is 0 Å². The first-order valence-corrected chi connectivity index (χ1v) is 17.7. The van der Waals surface area contributed by atoms with Crippen LogP contribution in [0.3, 0.4) is 0 Å². The van der Waals surface area contributed by atoms with E-state index in [1.807, 2.05) is 0 Å². The second kappa shape index (κ2) is 18.2. The monoisotopic (exact) mass is 1140 g/mol. The van der Waals surface area contributed by atoms with Gasteiger partial charge in [0.15, 0.2) is 0 Å². The molecule has 0 saturated heterocycles. The zero-order valence-corrected chi connectivity index (χ0v) is 32.0. The van der Waals surface area contributed by atoms with Crippen molar-refractivity contribution in [2.45, 2.75) is 127 Å². The number of hydrogen-bond acceptors (Lipinski definition) is 3. The zero-order valence-electron chi connectivity index (χ0n) is 31.0. The quantitative estimate of drug-likeness (QED) is 0.0674. The van der Waals surface area contributed by atoms with E-state index in [9.17, 15) is 171 Å². The third-order valence-electron chi connectivity index (χ3n) is 8.40. The summed E-state index contributed by atoms with van der Waals surface area (Å²) in [7, 11) is -6.94. The van der Waals surface area contributed by atoms with E-state index in [2.05, 4.69) is 19.9 Å². The fraction of sp³-hybridized carbons (Fsp3) is 0.923. The molecule has 0 spiro atoms. The van der Waals surface area contributed by atoms with Crippen molar-refractivity contribution in [3.05, 3.63) is 12.3 Å². The van der Waals surface area contributed by atoms with E-state index in [0.29, 0.717) is 0 Å². The maximum Gasteiger partial charge on any atom is 0.529 e. The van der Waals surface area contributed by atoms with Gasteiger partial charge >= 0.3 is 116 Å². The molecule has 0 fully saturated rings. The van der Waals surface area contributed by atoms with Crippen molar-refractivity contribution in [3.8, 4) is 0 Å². The van der Waals surface area contributed by atoms with Gasteiger partial charge in [-0.05, 0) is 5.70 Å². The first kappa shape index (κ1) is 66.1. The minimum absolute atomic E-state index is 0.832. The molecule has 3 nitrogen and oxygen atoms in total. The fourth-order valence-corrected chi connectivity index (χ4v) is 5.91. The molecule has 0 bridgehead atoms. The van der Waals surface area contributed by atoms with Gasteiger partial charge in [-0.2, -0.15) is 171 Å². The van der Waals surface area contributed by atoms with Crippen molar-refractivity contribution < 1.29 is 185 Å². The van der Waals surface area contributed by atoms with E-state index in [1.54, 1.807) is 0 Å². The lowest BCUT2D eigenvalue weighted by molar-refractivity contribution is -0.440. The lowest BCUT2D eigenvalue weighted by Crippen LogP contribution is -2.70. The molecule has 0 amide bonds. The van der Waals surface area contributed by atoms with E-state index in [-0.39, 0.29) is 0 Å². The molecule has 0 aliphatic rings. The Morgan fingerprint density at radius 3 is 0.522 bits per heavy atom. The number of alkyl halides is 39. The summed E-state index contributed by atoms with van der Waals surface area (Å²) >= 11 is 0. The Labute approximate surface area is 353 Å². The Bertz CT molecular complexity index is 1560. The van der Waals surface area contributed by atoms with Crippen LogP contribution in [0.25, 0.3) is 0 Å². The molecule has 0 aromatic heterocycles. The molecule has 0 N–H and O–H groups in total. The summed E-state index contributed by atoms with van der Waals surface area (Å²) < 4.78 is 534. The van der Waals surface area contributed by atoms with Gasteiger partial charge in [0.1, 0.15) is 0 Å². The van der Waals surface area contributed by atoms with Crippen LogP contribution in [-0.2, 0) is 13.3 Å². The van der Waals surface area contributed by atoms with Gasteiger partial charge in [-0.25, -0.2) is 0 Å². The number of halogens is 39. The Morgan fingerprint density at radius 2 is 0.391 bits per heavy atom. The minimum atomic E-state index is -8.66. The largest absolute Gasteiger partial charge is 0.529 e. The Kier molecular flexibility index (Phi) is 17.5. The standard InChI is InChI=1S/C26H15F39O3Si/c1-2-69(66-6-3-9(27,28)12(33,34)15(39,40)18(45,46)21(51,52)24(57,58)59,67-7-4-10(29,30)13(35,36)16(41,42)19(47,48)22(53,54)25(60,61)62)68-8-5-11(31,32)14(37,38)17(43,44)20(49,50)23(55,56)26(63,64)65/h2H,1,3-8H2. The molecule has 43 heteroatoms. The number of hydrogen-bond donors (Lipinski definition) is 0. The maximum atomic E-state index is 14.3. The lowest BCUT2D eigenvalue weighted by atomic mass is 9.93. The molecule has 0 unspecified atom stereocenters. The lowest BCUT2D eigenvalue weighted by Gasteiger charge is -2.40. The predicted molar refractivity (Wildman–Crippen MR) is 140 cm³/mol. The summed E-state index contributed by atoms with van der Waals surface area (Å²) in [6.07, 6.45) is -35.4. The van der Waals surface area contributed by atoms with Gasteiger partial charge in [-0.1, -0.05) is 6.58 Å². The summed E-state index contributed by atoms with van der Waals surface area (Å²) in [5, 5.41) is 0. The summed E-state index contributed by atoms with van der Waals surface area (Å²) in [4.78, 5) is 0. The first-order valence-electron chi connectivity index (χ1n) is 15.9. The molecule has 69 heavy (non-hydrogen) atoms. The topological polar surface area (TPSA) is 27.7 Å². The molecule has 0 aromatic carbocycles. The van der Waals surface area contributed by atoms with Crippen molar-refractivity contribution in [1.82, 2.24) is 0 Å². The average molecular weight is 1140 g/mol. The summed E-state index contributed by atoms with van der Waals surface area (Å²) in [6, 6.07) is 0. The Hall–Kier alpha value is -2.89. The molecular weight excluding hydrogens is 1130 g/mol. The van der Waals surface area contributed by atoms with Crippen molar-refractivity contribution in [3.63, 3.8) is 0 Å². The highest BCUT2D eigenvalue weighted by Crippen LogP contribution is 2.64. The highest BCUT2D eigenvalue weighted by molar-refractivity contribution is 6.66. The van der Waals surface area contributed by atoms with Crippen molar-refractivity contribution in [2.75, 3.05) is 19.8 Å². The molecule has 0 aliphatic carbocycles. The van der Waals surface area contributed by atoms with E-state index >= 15 is 0 Å². The predicted octanol–water partition coefficient (Wildman–Crippen LogP) is 14.1. The molecular formula is C26H15F39O3Si. The molecule has 414 valence electrons. The van der Waals surface area contributed by atoms with Gasteiger partial charge in [-0.3, -0.25) is 0 Å². The molecule has 0 atom stereocenters. The van der Waals surface area contributed by atoms with Crippen LogP contribution in [-0.4, -0.2) is 136 Å². The smallest absolute Gasteiger partial charge is 0.370 e. The summed E-state index contributed by atoms with van der Waals surface area (Å²) in [5.41, 5.74) is -0.832. The molecule has 0 aromatic rings. The van der Waals surface area contributed by atoms with Crippen LogP contribution in [0.1, 0.15) is 19.3 Å². The maximum absolute atomic E-state index is 14.3. The normalized spacial score (nSPS) is 16.6. The third-order valence-corrected chi connectivity index (χ3v) is 10.7. The van der Waals surface area contributed by atoms with Gasteiger partial charge in [0.25, 0.3) is 0 Å². The van der Waals surface area contributed by atoms with Crippen molar-refractivity contribution in [1.29, 1.82) is 0 Å². The highest BCUT2D eigenvalue weighted by Gasteiger charge is 2.93. The van der Waals surface area contributed by atoms with Gasteiger partial charge < -0.3 is 13.3 Å². The Morgan fingerprint density at radius 1 is 0.246 bits per heavy atom. The van der Waals surface area contributed by atoms with Crippen LogP contribution in [0.4, 0.5) is 171 Å². The second-order valence-corrected chi connectivity index (χ2v) is 15.6. The van der Waals surface area contributed by atoms with Crippen LogP contribution in [0.15, 0.2) is 12.3 Å². The molecule has 0 heterocycles. The SMILES string of the molecule is C=C[Si](OCCC(F)(F)C(F)(F)C(F)(F)C(F)(F)C(F)(F)C(F)(F)F)(OCCC(F)(F)C(F)(F)C(F)(F)C(F)(F)C(F)(F)C(F)(F)F)OCCC(F)(F)C(F)(F)C(F)(F)C(F)(F)C(F)(F)C(F)(F)F. The molecule has 0 rings (SSSR count). The van der Waals surface area contributed by atoms with Crippen LogP contribution >= 0.6 is 0 Å². The third kappa shape index (κ3) is 10.2. The molecule has 0 saturated carbocycles. The van der Waals surface area contributed by atoms with Crippen LogP contribution in [0, 0.1) is 0 Å². The van der Waals surface area contributed by atoms with Gasteiger partial charge in [0.05, 0.1) is 0 Å². The van der Waals surface area contributed by atoms with Crippen LogP contribution < -0.4 is 0 Å². The summed E-state index contributed by atoms with van der Waals surface area (Å²) in [6.45, 7) is -7.24. The van der Waals surface area contributed by atoms with Gasteiger partial charge in [0.2, 0.25) is 0 Å². The van der Waals surface area contributed by atoms with Crippen LogP contribution in [0.5, 0.6) is 0 Å². The van der Waals surface area contributed by atoms with E-state index in [1.165, 1.54) is 0 Å². The van der Waals surface area contributed by atoms with Gasteiger partial charge in [0, 0.05) is 39.1 Å². The highest BCUT2D eigenvalue weighted by atomic mass is 28.4. The summed E-state index contributed by atoms with van der Waals surface area (Å²) in [5.74, 6) is -124.